The molecule has 0 atom stereocenters. The number of carbonyl (C=O) groups excluding carboxylic acids is 1. The van der Waals surface area contributed by atoms with E-state index in [0.29, 0.717) is 45.2 Å². The lowest BCUT2D eigenvalue weighted by molar-refractivity contribution is -0.112. The number of ether oxygens (including phenoxy) is 3. The fourth-order valence-electron chi connectivity index (χ4n) is 2.92. The summed E-state index contributed by atoms with van der Waals surface area (Å²) in [7, 11) is 2.91. The number of methoxy groups -OCH3 is 2. The van der Waals surface area contributed by atoms with E-state index in [1.165, 1.54) is 32.4 Å². The number of amides is 1. The third-order valence-corrected chi connectivity index (χ3v) is 5.10. The van der Waals surface area contributed by atoms with E-state index in [0.717, 1.165) is 5.56 Å². The van der Waals surface area contributed by atoms with Gasteiger partial charge in [0.2, 0.25) is 0 Å². The average molecular weight is 483 g/mol. The van der Waals surface area contributed by atoms with Crippen molar-refractivity contribution in [2.45, 2.75) is 6.61 Å². The molecule has 3 aromatic rings. The van der Waals surface area contributed by atoms with Crippen LogP contribution in [-0.4, -0.2) is 20.1 Å². The molecule has 0 bridgehead atoms. The van der Waals surface area contributed by atoms with Gasteiger partial charge in [0, 0.05) is 17.2 Å². The van der Waals surface area contributed by atoms with Gasteiger partial charge in [0.25, 0.3) is 5.91 Å². The molecule has 1 N–H and O–H groups in total. The monoisotopic (exact) mass is 482 g/mol. The molecule has 0 heterocycles. The second kappa shape index (κ2) is 11.3. The summed E-state index contributed by atoms with van der Waals surface area (Å²) in [6, 6.07) is 19.4. The minimum atomic E-state index is -0.596. The maximum Gasteiger partial charge on any atom is 0.266 e. The van der Waals surface area contributed by atoms with Crippen molar-refractivity contribution in [2.24, 2.45) is 0 Å². The second-order valence-electron chi connectivity index (χ2n) is 6.80. The number of hydrogen-bond donors (Lipinski definition) is 1. The van der Waals surface area contributed by atoms with Gasteiger partial charge in [-0.2, -0.15) is 5.26 Å². The van der Waals surface area contributed by atoms with Gasteiger partial charge >= 0.3 is 0 Å². The number of nitriles is 1. The van der Waals surface area contributed by atoms with Crippen molar-refractivity contribution in [1.82, 2.24) is 0 Å². The molecule has 0 aliphatic carbocycles. The summed E-state index contributed by atoms with van der Waals surface area (Å²) in [5.41, 5.74) is 1.86. The Kier molecular flexibility index (Phi) is 8.20. The maximum atomic E-state index is 12.7. The Bertz CT molecular complexity index is 1220. The lowest BCUT2D eigenvalue weighted by atomic mass is 10.1. The lowest BCUT2D eigenvalue weighted by Crippen LogP contribution is -2.14. The number of benzene rings is 3. The Labute approximate surface area is 201 Å². The average Bonchev–Trinajstić information content (AvgIpc) is 2.82. The van der Waals surface area contributed by atoms with E-state index in [2.05, 4.69) is 5.32 Å². The summed E-state index contributed by atoms with van der Waals surface area (Å²) in [6.45, 7) is 0.369. The topological polar surface area (TPSA) is 80.6 Å². The first kappa shape index (κ1) is 24.0. The zero-order valence-corrected chi connectivity index (χ0v) is 19.4. The van der Waals surface area contributed by atoms with E-state index in [9.17, 15) is 10.1 Å². The van der Waals surface area contributed by atoms with Crippen LogP contribution in [0.5, 0.6) is 17.2 Å². The van der Waals surface area contributed by atoms with Crippen LogP contribution in [0.25, 0.3) is 6.08 Å². The summed E-state index contributed by atoms with van der Waals surface area (Å²) in [5, 5.41) is 13.1. The van der Waals surface area contributed by atoms with Crippen molar-refractivity contribution in [1.29, 1.82) is 5.26 Å². The van der Waals surface area contributed by atoms with Crippen LogP contribution in [0.1, 0.15) is 11.1 Å². The molecule has 0 saturated carbocycles. The molecule has 0 unspecified atom stereocenters. The Morgan fingerprint density at radius 1 is 1.03 bits per heavy atom. The number of halogens is 2. The van der Waals surface area contributed by atoms with Crippen LogP contribution in [-0.2, 0) is 11.4 Å². The van der Waals surface area contributed by atoms with E-state index in [4.69, 9.17) is 37.4 Å². The molecule has 0 radical (unpaired) electrons. The first-order chi connectivity index (χ1) is 15.9. The second-order valence-corrected chi connectivity index (χ2v) is 7.64. The van der Waals surface area contributed by atoms with Gasteiger partial charge in [-0.15, -0.1) is 0 Å². The van der Waals surface area contributed by atoms with Gasteiger partial charge < -0.3 is 19.5 Å². The van der Waals surface area contributed by atoms with E-state index >= 15 is 0 Å². The SMILES string of the molecule is COc1cc(NC(=O)/C(C#N)=C/c2ccc(OCc3cccc(Cl)c3)cc2)c(OC)cc1Cl. The number of rotatable bonds is 8. The van der Waals surface area contributed by atoms with E-state index in [1.54, 1.807) is 30.3 Å². The van der Waals surface area contributed by atoms with Crippen LogP contribution >= 0.6 is 23.2 Å². The van der Waals surface area contributed by atoms with Crippen molar-refractivity contribution >= 4 is 40.9 Å². The molecule has 6 nitrogen and oxygen atoms in total. The number of nitrogens with zero attached hydrogens (tertiary/aromatic N) is 1. The number of hydrogen-bond acceptors (Lipinski definition) is 5. The van der Waals surface area contributed by atoms with Crippen molar-refractivity contribution in [3.63, 3.8) is 0 Å². The third-order valence-electron chi connectivity index (χ3n) is 4.57. The molecule has 3 aromatic carbocycles. The van der Waals surface area contributed by atoms with Gasteiger partial charge in [-0.05, 0) is 41.5 Å². The molecule has 168 valence electrons. The first-order valence-electron chi connectivity index (χ1n) is 9.75. The Morgan fingerprint density at radius 2 is 1.76 bits per heavy atom. The van der Waals surface area contributed by atoms with Crippen LogP contribution in [0.2, 0.25) is 10.0 Å². The molecule has 0 aliphatic heterocycles. The molecule has 0 saturated heterocycles. The number of nitrogens with one attached hydrogen (secondary N) is 1. The standard InChI is InChI=1S/C25H20Cl2N2O4/c1-31-23-13-22(24(32-2)12-21(23)27)29-25(30)18(14-28)10-16-6-8-20(9-7-16)33-15-17-4-3-5-19(26)11-17/h3-13H,15H2,1-2H3,(H,29,30)/b18-10+. The fraction of sp³-hybridized carbons (Fsp3) is 0.120. The van der Waals surface area contributed by atoms with Gasteiger partial charge in [0.05, 0.1) is 24.9 Å². The molecular weight excluding hydrogens is 463 g/mol. The first-order valence-corrected chi connectivity index (χ1v) is 10.5. The molecule has 8 heteroatoms. The van der Waals surface area contributed by atoms with E-state index in [1.807, 2.05) is 24.3 Å². The normalized spacial score (nSPS) is 10.8. The quantitative estimate of drug-likeness (QED) is 0.308. The van der Waals surface area contributed by atoms with Crippen molar-refractivity contribution in [3.05, 3.63) is 87.4 Å². The minimum absolute atomic E-state index is 0.0847. The highest BCUT2D eigenvalue weighted by Crippen LogP contribution is 2.36. The third kappa shape index (κ3) is 6.42. The highest BCUT2D eigenvalue weighted by Gasteiger charge is 2.15. The summed E-state index contributed by atoms with van der Waals surface area (Å²) < 4.78 is 16.2. The van der Waals surface area contributed by atoms with Gasteiger partial charge in [0.15, 0.2) is 0 Å². The number of carbonyl (C=O) groups is 1. The molecule has 0 spiro atoms. The summed E-state index contributed by atoms with van der Waals surface area (Å²) >= 11 is 12.1. The van der Waals surface area contributed by atoms with E-state index in [-0.39, 0.29) is 5.57 Å². The molecule has 0 aliphatic rings. The Morgan fingerprint density at radius 3 is 2.39 bits per heavy atom. The highest BCUT2D eigenvalue weighted by molar-refractivity contribution is 6.32. The van der Waals surface area contributed by atoms with Crippen LogP contribution in [0.4, 0.5) is 5.69 Å². The zero-order chi connectivity index (χ0) is 23.8. The van der Waals surface area contributed by atoms with Crippen LogP contribution in [0.3, 0.4) is 0 Å². The largest absolute Gasteiger partial charge is 0.495 e. The predicted molar refractivity (Wildman–Crippen MR) is 129 cm³/mol. The predicted octanol–water partition coefficient (Wildman–Crippen LogP) is 6.14. The fourth-order valence-corrected chi connectivity index (χ4v) is 3.36. The summed E-state index contributed by atoms with van der Waals surface area (Å²) in [5.74, 6) is 0.755. The molecule has 0 fully saturated rings. The molecule has 33 heavy (non-hydrogen) atoms. The van der Waals surface area contributed by atoms with Crippen LogP contribution in [0, 0.1) is 11.3 Å². The minimum Gasteiger partial charge on any atom is -0.495 e. The van der Waals surface area contributed by atoms with Gasteiger partial charge in [-0.3, -0.25) is 4.79 Å². The Balaban J connectivity index is 1.71. The Hall–Kier alpha value is -3.66. The summed E-state index contributed by atoms with van der Waals surface area (Å²) in [4.78, 5) is 12.7. The lowest BCUT2D eigenvalue weighted by Gasteiger charge is -2.13. The van der Waals surface area contributed by atoms with Gasteiger partial charge in [0.1, 0.15) is 35.5 Å². The van der Waals surface area contributed by atoms with E-state index < -0.39 is 5.91 Å². The van der Waals surface area contributed by atoms with Crippen molar-refractivity contribution in [3.8, 4) is 23.3 Å². The zero-order valence-electron chi connectivity index (χ0n) is 17.9. The molecular formula is C25H20Cl2N2O4. The smallest absolute Gasteiger partial charge is 0.266 e. The van der Waals surface area contributed by atoms with Gasteiger partial charge in [-0.1, -0.05) is 47.5 Å². The van der Waals surface area contributed by atoms with Crippen molar-refractivity contribution < 1.29 is 19.0 Å². The summed E-state index contributed by atoms with van der Waals surface area (Å²) in [6.07, 6.45) is 1.48. The van der Waals surface area contributed by atoms with Crippen LogP contribution < -0.4 is 19.5 Å². The number of anilines is 1. The maximum absolute atomic E-state index is 12.7. The molecule has 1 amide bonds. The molecule has 0 aromatic heterocycles. The van der Waals surface area contributed by atoms with Gasteiger partial charge in [-0.25, -0.2) is 0 Å². The van der Waals surface area contributed by atoms with Crippen LogP contribution in [0.15, 0.2) is 66.2 Å². The van der Waals surface area contributed by atoms with Crippen molar-refractivity contribution in [2.75, 3.05) is 19.5 Å². The molecule has 3 rings (SSSR count). The highest BCUT2D eigenvalue weighted by atomic mass is 35.5.